The van der Waals surface area contributed by atoms with E-state index in [0.717, 1.165) is 18.9 Å². The van der Waals surface area contributed by atoms with E-state index in [1.54, 1.807) is 6.33 Å². The summed E-state index contributed by atoms with van der Waals surface area (Å²) in [6.07, 6.45) is 3.84. The van der Waals surface area contributed by atoms with Crippen molar-refractivity contribution in [3.8, 4) is 6.07 Å². The smallest absolute Gasteiger partial charge is 0.319 e. The molecule has 1 saturated carbocycles. The van der Waals surface area contributed by atoms with Crippen LogP contribution in [0.2, 0.25) is 0 Å². The van der Waals surface area contributed by atoms with Gasteiger partial charge in [-0.1, -0.05) is 0 Å². The van der Waals surface area contributed by atoms with Crippen molar-refractivity contribution in [1.82, 2.24) is 20.1 Å². The zero-order valence-electron chi connectivity index (χ0n) is 11.6. The fraction of sp³-hybridized carbons (Fsp3) is 0.286. The van der Waals surface area contributed by atoms with Gasteiger partial charge >= 0.3 is 6.03 Å². The molecule has 0 radical (unpaired) electrons. The second-order valence-corrected chi connectivity index (χ2v) is 4.99. The van der Waals surface area contributed by atoms with Gasteiger partial charge in [-0.15, -0.1) is 10.2 Å². The number of nitrogens with zero attached hydrogens (tertiary/aromatic N) is 4. The van der Waals surface area contributed by atoms with Crippen molar-refractivity contribution in [3.63, 3.8) is 0 Å². The number of aromatic nitrogens is 3. The van der Waals surface area contributed by atoms with Crippen LogP contribution in [0.15, 0.2) is 24.5 Å². The first-order valence-electron chi connectivity index (χ1n) is 6.80. The van der Waals surface area contributed by atoms with E-state index < -0.39 is 11.8 Å². The van der Waals surface area contributed by atoms with Gasteiger partial charge in [-0.05, 0) is 31.0 Å². The zero-order chi connectivity index (χ0) is 15.5. The molecule has 2 amide bonds. The maximum absolute atomic E-state index is 13.0. The Morgan fingerprint density at radius 2 is 2.32 bits per heavy atom. The monoisotopic (exact) mass is 300 g/mol. The van der Waals surface area contributed by atoms with Crippen LogP contribution >= 0.6 is 0 Å². The first-order chi connectivity index (χ1) is 10.7. The van der Waals surface area contributed by atoms with Crippen LogP contribution in [0, 0.1) is 17.1 Å². The molecule has 0 saturated heterocycles. The van der Waals surface area contributed by atoms with Crippen LogP contribution in [0.1, 0.15) is 30.3 Å². The number of amides is 2. The number of anilines is 1. The van der Waals surface area contributed by atoms with Crippen molar-refractivity contribution in [2.24, 2.45) is 0 Å². The lowest BCUT2D eigenvalue weighted by Gasteiger charge is -2.09. The zero-order valence-corrected chi connectivity index (χ0v) is 11.6. The number of benzene rings is 1. The summed E-state index contributed by atoms with van der Waals surface area (Å²) in [5.74, 6) is 0.150. The highest BCUT2D eigenvalue weighted by atomic mass is 19.1. The highest BCUT2D eigenvalue weighted by Gasteiger charge is 2.26. The van der Waals surface area contributed by atoms with E-state index in [9.17, 15) is 9.18 Å². The minimum Gasteiger partial charge on any atom is -0.331 e. The Labute approximate surface area is 125 Å². The van der Waals surface area contributed by atoms with Crippen molar-refractivity contribution in [2.45, 2.75) is 25.4 Å². The molecule has 0 atom stereocenters. The van der Waals surface area contributed by atoms with Gasteiger partial charge in [-0.3, -0.25) is 0 Å². The number of hydrogen-bond acceptors (Lipinski definition) is 4. The number of halogens is 1. The molecule has 0 aliphatic heterocycles. The molecule has 3 rings (SSSR count). The quantitative estimate of drug-likeness (QED) is 0.902. The minimum absolute atomic E-state index is 0.0660. The van der Waals surface area contributed by atoms with Crippen LogP contribution in [0.3, 0.4) is 0 Å². The van der Waals surface area contributed by atoms with Crippen LogP contribution in [-0.4, -0.2) is 20.8 Å². The molecule has 1 fully saturated rings. The Morgan fingerprint density at radius 3 is 3.05 bits per heavy atom. The Balaban J connectivity index is 1.61. The van der Waals surface area contributed by atoms with Gasteiger partial charge in [0.1, 0.15) is 18.2 Å². The van der Waals surface area contributed by atoms with Crippen molar-refractivity contribution < 1.29 is 9.18 Å². The first kappa shape index (κ1) is 14.0. The number of hydrogen-bond donors (Lipinski definition) is 2. The van der Waals surface area contributed by atoms with Crippen molar-refractivity contribution in [2.75, 3.05) is 5.32 Å². The standard InChI is InChI=1S/C14H13FN6O/c15-10-1-4-12(9(5-10)6-16)19-14(22)17-7-13-20-18-8-21(13)11-2-3-11/h1,4-5,8,11H,2-3,7H2,(H2,17,19,22). The minimum atomic E-state index is -0.528. The predicted molar refractivity (Wildman–Crippen MR) is 75.3 cm³/mol. The van der Waals surface area contributed by atoms with Gasteiger partial charge in [-0.2, -0.15) is 5.26 Å². The Morgan fingerprint density at radius 1 is 1.50 bits per heavy atom. The molecule has 2 aromatic rings. The molecule has 22 heavy (non-hydrogen) atoms. The summed E-state index contributed by atoms with van der Waals surface area (Å²) in [7, 11) is 0. The second-order valence-electron chi connectivity index (χ2n) is 4.99. The van der Waals surface area contributed by atoms with Crippen LogP contribution < -0.4 is 10.6 Å². The molecule has 1 aliphatic rings. The lowest BCUT2D eigenvalue weighted by molar-refractivity contribution is 0.251. The Kier molecular flexibility index (Phi) is 3.70. The summed E-state index contributed by atoms with van der Waals surface area (Å²) in [5.41, 5.74) is 0.321. The van der Waals surface area contributed by atoms with Crippen molar-refractivity contribution in [1.29, 1.82) is 5.26 Å². The molecular weight excluding hydrogens is 287 g/mol. The number of nitrogens with one attached hydrogen (secondary N) is 2. The normalized spacial score (nSPS) is 13.5. The highest BCUT2D eigenvalue weighted by molar-refractivity contribution is 5.90. The summed E-state index contributed by atoms with van der Waals surface area (Å²) in [6.45, 7) is 0.228. The van der Waals surface area contributed by atoms with E-state index in [1.807, 2.05) is 10.6 Å². The molecule has 8 heteroatoms. The third-order valence-corrected chi connectivity index (χ3v) is 3.34. The number of urea groups is 1. The summed E-state index contributed by atoms with van der Waals surface area (Å²) in [5, 5.41) is 21.9. The topological polar surface area (TPSA) is 95.6 Å². The van der Waals surface area contributed by atoms with Gasteiger partial charge in [0.05, 0.1) is 17.8 Å². The predicted octanol–water partition coefficient (Wildman–Crippen LogP) is 1.95. The van der Waals surface area contributed by atoms with Gasteiger partial charge in [0.15, 0.2) is 5.82 Å². The third-order valence-electron chi connectivity index (χ3n) is 3.34. The van der Waals surface area contributed by atoms with Gasteiger partial charge in [0.25, 0.3) is 0 Å². The lowest BCUT2D eigenvalue weighted by Crippen LogP contribution is -2.29. The second kappa shape index (κ2) is 5.81. The lowest BCUT2D eigenvalue weighted by atomic mass is 10.2. The average Bonchev–Trinajstić information content (AvgIpc) is 3.25. The summed E-state index contributed by atoms with van der Waals surface area (Å²) < 4.78 is 15.0. The van der Waals surface area contributed by atoms with Gasteiger partial charge in [-0.25, -0.2) is 9.18 Å². The fourth-order valence-electron chi connectivity index (χ4n) is 2.09. The number of rotatable bonds is 4. The number of carbonyl (C=O) groups is 1. The fourth-order valence-corrected chi connectivity index (χ4v) is 2.09. The molecule has 1 heterocycles. The molecule has 2 N–H and O–H groups in total. The van der Waals surface area contributed by atoms with E-state index in [1.165, 1.54) is 12.1 Å². The number of carbonyl (C=O) groups excluding carboxylic acids is 1. The molecule has 0 bridgehead atoms. The molecule has 1 aliphatic carbocycles. The van der Waals surface area contributed by atoms with Gasteiger partial charge < -0.3 is 15.2 Å². The highest BCUT2D eigenvalue weighted by Crippen LogP contribution is 2.35. The van der Waals surface area contributed by atoms with Gasteiger partial charge in [0, 0.05) is 6.04 Å². The maximum Gasteiger partial charge on any atom is 0.319 e. The molecule has 1 aromatic carbocycles. The van der Waals surface area contributed by atoms with Crippen LogP contribution in [-0.2, 0) is 6.54 Å². The Hall–Kier alpha value is -2.95. The summed E-state index contributed by atoms with van der Waals surface area (Å²) >= 11 is 0. The first-order valence-corrected chi connectivity index (χ1v) is 6.80. The van der Waals surface area contributed by atoms with E-state index >= 15 is 0 Å². The summed E-state index contributed by atoms with van der Waals surface area (Å²) in [4.78, 5) is 11.9. The van der Waals surface area contributed by atoms with Crippen LogP contribution in [0.25, 0.3) is 0 Å². The van der Waals surface area contributed by atoms with E-state index in [0.29, 0.717) is 11.9 Å². The van der Waals surface area contributed by atoms with Crippen LogP contribution in [0.4, 0.5) is 14.9 Å². The van der Waals surface area contributed by atoms with Crippen molar-refractivity contribution >= 4 is 11.7 Å². The van der Waals surface area contributed by atoms with Crippen molar-refractivity contribution in [3.05, 3.63) is 41.7 Å². The van der Waals surface area contributed by atoms with E-state index in [-0.39, 0.29) is 17.8 Å². The third kappa shape index (κ3) is 3.03. The molecule has 112 valence electrons. The molecular formula is C14H13FN6O. The number of nitriles is 1. The molecule has 7 nitrogen and oxygen atoms in total. The van der Waals surface area contributed by atoms with Crippen LogP contribution in [0.5, 0.6) is 0 Å². The van der Waals surface area contributed by atoms with E-state index in [4.69, 9.17) is 5.26 Å². The van der Waals surface area contributed by atoms with E-state index in [2.05, 4.69) is 20.8 Å². The largest absolute Gasteiger partial charge is 0.331 e. The van der Waals surface area contributed by atoms with Gasteiger partial charge in [0.2, 0.25) is 0 Å². The molecule has 0 spiro atoms. The SMILES string of the molecule is N#Cc1cc(F)ccc1NC(=O)NCc1nncn1C1CC1. The molecule has 0 unspecified atom stereocenters. The summed E-state index contributed by atoms with van der Waals surface area (Å²) in [6, 6.07) is 5.37. The average molecular weight is 300 g/mol. The Bertz CT molecular complexity index is 746. The maximum atomic E-state index is 13.0. The molecule has 1 aromatic heterocycles.